The smallest absolute Gasteiger partial charge is 0.330 e. The third-order valence-corrected chi connectivity index (χ3v) is 4.14. The lowest BCUT2D eigenvalue weighted by Crippen LogP contribution is -2.43. The van der Waals surface area contributed by atoms with Gasteiger partial charge in [0.2, 0.25) is 0 Å². The quantitative estimate of drug-likeness (QED) is 0.754. The van der Waals surface area contributed by atoms with Gasteiger partial charge >= 0.3 is 5.69 Å². The first-order valence-electron chi connectivity index (χ1n) is 9.24. The number of rotatable bonds is 7. The van der Waals surface area contributed by atoms with E-state index in [0.717, 1.165) is 0 Å². The van der Waals surface area contributed by atoms with Gasteiger partial charge in [-0.1, -0.05) is 33.8 Å². The normalized spacial score (nSPS) is 11.1. The van der Waals surface area contributed by atoms with Gasteiger partial charge in [0, 0.05) is 18.7 Å². The van der Waals surface area contributed by atoms with Crippen LogP contribution in [0.4, 0.5) is 11.5 Å². The van der Waals surface area contributed by atoms with Gasteiger partial charge in [-0.05, 0) is 30.0 Å². The molecule has 1 heterocycles. The molecule has 0 aliphatic heterocycles. The zero-order valence-corrected chi connectivity index (χ0v) is 17.0. The summed E-state index contributed by atoms with van der Waals surface area (Å²) in [6.07, 6.45) is 0. The number of nitrogen functional groups attached to an aromatic ring is 1. The molecule has 152 valence electrons. The van der Waals surface area contributed by atoms with Crippen LogP contribution in [-0.4, -0.2) is 29.1 Å². The molecule has 2 aromatic rings. The van der Waals surface area contributed by atoms with E-state index in [2.05, 4.69) is 4.98 Å². The SMILES string of the molecule is COc1cccc(C(=O)N(CC(C)C)c2c(N)n(CC(C)C)c(=O)[nH]c2=O)c1. The molecule has 1 aromatic carbocycles. The molecule has 0 unspecified atom stereocenters. The molecule has 0 saturated heterocycles. The van der Waals surface area contributed by atoms with Crippen molar-refractivity contribution in [1.82, 2.24) is 9.55 Å². The second kappa shape index (κ2) is 8.77. The van der Waals surface area contributed by atoms with Crippen LogP contribution in [-0.2, 0) is 6.54 Å². The van der Waals surface area contributed by atoms with Gasteiger partial charge in [0.25, 0.3) is 11.5 Å². The fourth-order valence-electron chi connectivity index (χ4n) is 2.94. The first kappa shape index (κ1) is 21.3. The Bertz CT molecular complexity index is 959. The first-order chi connectivity index (χ1) is 13.1. The molecule has 2 rings (SSSR count). The Kier molecular flexibility index (Phi) is 6.66. The Morgan fingerprint density at radius 3 is 2.46 bits per heavy atom. The summed E-state index contributed by atoms with van der Waals surface area (Å²) in [6.45, 7) is 8.33. The van der Waals surface area contributed by atoms with Crippen LogP contribution in [0.25, 0.3) is 0 Å². The average Bonchev–Trinajstić information content (AvgIpc) is 2.63. The number of nitrogens with one attached hydrogen (secondary N) is 1. The molecular formula is C20H28N4O4. The number of amides is 1. The maximum atomic E-state index is 13.2. The van der Waals surface area contributed by atoms with E-state index in [-0.39, 0.29) is 35.8 Å². The lowest BCUT2D eigenvalue weighted by atomic mass is 10.1. The van der Waals surface area contributed by atoms with Gasteiger partial charge in [0.05, 0.1) is 7.11 Å². The van der Waals surface area contributed by atoms with Crippen LogP contribution in [0.3, 0.4) is 0 Å². The van der Waals surface area contributed by atoms with Crippen molar-refractivity contribution in [3.05, 3.63) is 50.7 Å². The maximum absolute atomic E-state index is 13.2. The van der Waals surface area contributed by atoms with Gasteiger partial charge in [0.1, 0.15) is 11.6 Å². The van der Waals surface area contributed by atoms with Crippen LogP contribution in [0.1, 0.15) is 38.1 Å². The van der Waals surface area contributed by atoms with E-state index in [1.54, 1.807) is 24.3 Å². The zero-order valence-electron chi connectivity index (χ0n) is 17.0. The second-order valence-electron chi connectivity index (χ2n) is 7.54. The molecular weight excluding hydrogens is 360 g/mol. The predicted molar refractivity (Wildman–Crippen MR) is 110 cm³/mol. The van der Waals surface area contributed by atoms with Crippen LogP contribution in [0.5, 0.6) is 5.75 Å². The molecule has 1 aromatic heterocycles. The number of aromatic amines is 1. The number of carbonyl (C=O) groups is 1. The van der Waals surface area contributed by atoms with Crippen molar-refractivity contribution in [2.45, 2.75) is 34.2 Å². The minimum atomic E-state index is -0.681. The summed E-state index contributed by atoms with van der Waals surface area (Å²) in [7, 11) is 1.51. The van der Waals surface area contributed by atoms with Crippen LogP contribution < -0.4 is 26.6 Å². The molecule has 0 atom stereocenters. The van der Waals surface area contributed by atoms with Gasteiger partial charge in [-0.3, -0.25) is 19.1 Å². The number of ether oxygens (including phenoxy) is 1. The summed E-state index contributed by atoms with van der Waals surface area (Å²) >= 11 is 0. The number of carbonyl (C=O) groups excluding carboxylic acids is 1. The Balaban J connectivity index is 2.64. The van der Waals surface area contributed by atoms with E-state index in [1.165, 1.54) is 16.6 Å². The Labute approximate surface area is 163 Å². The third kappa shape index (κ3) is 4.62. The van der Waals surface area contributed by atoms with Crippen molar-refractivity contribution in [1.29, 1.82) is 0 Å². The number of hydrogen-bond donors (Lipinski definition) is 2. The van der Waals surface area contributed by atoms with Crippen molar-refractivity contribution in [2.24, 2.45) is 11.8 Å². The summed E-state index contributed by atoms with van der Waals surface area (Å²) in [5, 5.41) is 0. The van der Waals surface area contributed by atoms with Crippen molar-refractivity contribution in [2.75, 3.05) is 24.3 Å². The number of benzene rings is 1. The van der Waals surface area contributed by atoms with Gasteiger partial charge < -0.3 is 15.4 Å². The topological polar surface area (TPSA) is 110 Å². The van der Waals surface area contributed by atoms with E-state index in [0.29, 0.717) is 17.9 Å². The molecule has 8 heteroatoms. The van der Waals surface area contributed by atoms with Crippen molar-refractivity contribution in [3.63, 3.8) is 0 Å². The lowest BCUT2D eigenvalue weighted by molar-refractivity contribution is 0.0983. The Morgan fingerprint density at radius 1 is 1.21 bits per heavy atom. The maximum Gasteiger partial charge on any atom is 0.330 e. The lowest BCUT2D eigenvalue weighted by Gasteiger charge is -2.26. The first-order valence-corrected chi connectivity index (χ1v) is 9.24. The van der Waals surface area contributed by atoms with Crippen molar-refractivity contribution in [3.8, 4) is 5.75 Å². The molecule has 0 spiro atoms. The molecule has 3 N–H and O–H groups in total. The number of nitrogens with two attached hydrogens (primary N) is 1. The molecule has 0 aliphatic rings. The Hall–Kier alpha value is -3.03. The van der Waals surface area contributed by atoms with Crippen molar-refractivity contribution >= 4 is 17.4 Å². The highest BCUT2D eigenvalue weighted by molar-refractivity contribution is 6.07. The van der Waals surface area contributed by atoms with Crippen LogP contribution in [0.15, 0.2) is 33.9 Å². The van der Waals surface area contributed by atoms with Gasteiger partial charge in [-0.25, -0.2) is 4.79 Å². The number of anilines is 2. The van der Waals surface area contributed by atoms with Crippen molar-refractivity contribution < 1.29 is 9.53 Å². The second-order valence-corrected chi connectivity index (χ2v) is 7.54. The van der Waals surface area contributed by atoms with Crippen LogP contribution in [0, 0.1) is 11.8 Å². The van der Waals surface area contributed by atoms with Crippen LogP contribution in [0.2, 0.25) is 0 Å². The minimum absolute atomic E-state index is 0.0123. The molecule has 0 aliphatic carbocycles. The summed E-state index contributed by atoms with van der Waals surface area (Å²) in [4.78, 5) is 41.7. The predicted octanol–water partition coefficient (Wildman–Crippen LogP) is 2.09. The number of hydrogen-bond acceptors (Lipinski definition) is 5. The molecule has 0 bridgehead atoms. The highest BCUT2D eigenvalue weighted by Crippen LogP contribution is 2.23. The zero-order chi connectivity index (χ0) is 21.0. The number of methoxy groups -OCH3 is 1. The van der Waals surface area contributed by atoms with Gasteiger partial charge in [-0.15, -0.1) is 0 Å². The van der Waals surface area contributed by atoms with E-state index < -0.39 is 11.2 Å². The molecule has 0 fully saturated rings. The fourth-order valence-corrected chi connectivity index (χ4v) is 2.94. The van der Waals surface area contributed by atoms with E-state index in [4.69, 9.17) is 10.5 Å². The number of aromatic nitrogens is 2. The molecule has 0 saturated carbocycles. The highest BCUT2D eigenvalue weighted by atomic mass is 16.5. The minimum Gasteiger partial charge on any atom is -0.497 e. The van der Waals surface area contributed by atoms with E-state index in [9.17, 15) is 14.4 Å². The Morgan fingerprint density at radius 2 is 1.89 bits per heavy atom. The number of nitrogens with zero attached hydrogens (tertiary/aromatic N) is 2. The van der Waals surface area contributed by atoms with E-state index in [1.807, 2.05) is 27.7 Å². The standard InChI is InChI=1S/C20H28N4O4/c1-12(2)10-23(19(26)14-7-6-8-15(9-14)28-5)16-17(21)24(11-13(3)4)20(27)22-18(16)25/h6-9,12-13H,10-11,21H2,1-5H3,(H,22,25,27). The monoisotopic (exact) mass is 388 g/mol. The fraction of sp³-hybridized carbons (Fsp3) is 0.450. The summed E-state index contributed by atoms with van der Waals surface area (Å²) in [5.41, 5.74) is 5.29. The largest absolute Gasteiger partial charge is 0.497 e. The molecule has 1 amide bonds. The summed E-state index contributed by atoms with van der Waals surface area (Å²) in [5.74, 6) is 0.325. The summed E-state index contributed by atoms with van der Waals surface area (Å²) in [6, 6.07) is 6.68. The highest BCUT2D eigenvalue weighted by Gasteiger charge is 2.26. The molecule has 8 nitrogen and oxygen atoms in total. The average molecular weight is 388 g/mol. The molecule has 28 heavy (non-hydrogen) atoms. The summed E-state index contributed by atoms with van der Waals surface area (Å²) < 4.78 is 6.49. The third-order valence-electron chi connectivity index (χ3n) is 4.14. The number of H-pyrrole nitrogens is 1. The van der Waals surface area contributed by atoms with Gasteiger partial charge in [-0.2, -0.15) is 0 Å². The molecule has 0 radical (unpaired) electrons. The van der Waals surface area contributed by atoms with Crippen LogP contribution >= 0.6 is 0 Å². The van der Waals surface area contributed by atoms with E-state index >= 15 is 0 Å². The van der Waals surface area contributed by atoms with Gasteiger partial charge in [0.15, 0.2) is 5.69 Å².